The molecule has 0 saturated heterocycles. The van der Waals surface area contributed by atoms with Gasteiger partial charge in [0.2, 0.25) is 11.8 Å². The minimum Gasteiger partial charge on any atom is -0.493 e. The van der Waals surface area contributed by atoms with Gasteiger partial charge in [-0.05, 0) is 52.7 Å². The molecule has 0 bridgehead atoms. The van der Waals surface area contributed by atoms with Crippen molar-refractivity contribution in [2.45, 2.75) is 13.3 Å². The molecule has 2 N–H and O–H groups in total. The summed E-state index contributed by atoms with van der Waals surface area (Å²) in [5, 5.41) is 6.14. The van der Waals surface area contributed by atoms with Gasteiger partial charge in [0.05, 0.1) is 30.1 Å². The van der Waals surface area contributed by atoms with E-state index in [2.05, 4.69) is 31.8 Å². The minimum absolute atomic E-state index is 0.00938. The highest BCUT2D eigenvalue weighted by Crippen LogP contribution is 2.36. The van der Waals surface area contributed by atoms with E-state index in [9.17, 15) is 14.0 Å². The van der Waals surface area contributed by atoms with Gasteiger partial charge in [0.25, 0.3) is 0 Å². The standard InChI is InChI=1S/C19H19BrFN3O4/c1-3-28-19-13(20)8-12(9-16(19)27-2)11-22-24-18(26)10-17(25)23-15-7-5-4-6-14(15)21/h4-9,11H,3,10H2,1-2H3,(H,23,25)(H,24,26). The van der Waals surface area contributed by atoms with Crippen LogP contribution in [0.1, 0.15) is 18.9 Å². The van der Waals surface area contributed by atoms with E-state index in [1.54, 1.807) is 18.2 Å². The lowest BCUT2D eigenvalue weighted by molar-refractivity contribution is -0.126. The summed E-state index contributed by atoms with van der Waals surface area (Å²) in [6.45, 7) is 2.34. The Morgan fingerprint density at radius 2 is 2.00 bits per heavy atom. The highest BCUT2D eigenvalue weighted by atomic mass is 79.9. The number of amides is 2. The van der Waals surface area contributed by atoms with Crippen molar-refractivity contribution in [2.75, 3.05) is 19.0 Å². The van der Waals surface area contributed by atoms with Crippen molar-refractivity contribution >= 4 is 39.6 Å². The van der Waals surface area contributed by atoms with Crippen LogP contribution in [0.2, 0.25) is 0 Å². The molecular weight excluding hydrogens is 433 g/mol. The summed E-state index contributed by atoms with van der Waals surface area (Å²) in [6.07, 6.45) is 0.900. The highest BCUT2D eigenvalue weighted by molar-refractivity contribution is 9.10. The minimum atomic E-state index is -0.650. The topological polar surface area (TPSA) is 89.0 Å². The Bertz CT molecular complexity index is 889. The Balaban J connectivity index is 1.93. The van der Waals surface area contributed by atoms with E-state index in [4.69, 9.17) is 9.47 Å². The quantitative estimate of drug-likeness (QED) is 0.365. The molecule has 0 aliphatic rings. The van der Waals surface area contributed by atoms with Crippen molar-refractivity contribution in [2.24, 2.45) is 5.10 Å². The van der Waals surface area contributed by atoms with Gasteiger partial charge in [0.15, 0.2) is 11.5 Å². The third-order valence-corrected chi connectivity index (χ3v) is 4.00. The maximum atomic E-state index is 13.5. The van der Waals surface area contributed by atoms with Crippen LogP contribution < -0.4 is 20.2 Å². The Kier molecular flexibility index (Phi) is 7.94. The van der Waals surface area contributed by atoms with Crippen LogP contribution >= 0.6 is 15.9 Å². The molecule has 2 amide bonds. The van der Waals surface area contributed by atoms with E-state index in [-0.39, 0.29) is 5.69 Å². The number of anilines is 1. The molecule has 2 aromatic carbocycles. The van der Waals surface area contributed by atoms with Crippen LogP contribution in [0.5, 0.6) is 11.5 Å². The predicted octanol–water partition coefficient (Wildman–Crippen LogP) is 3.47. The number of nitrogens with zero attached hydrogens (tertiary/aromatic N) is 1. The molecule has 0 saturated carbocycles. The van der Waals surface area contributed by atoms with Crippen molar-refractivity contribution in [1.29, 1.82) is 0 Å². The van der Waals surface area contributed by atoms with E-state index in [0.717, 1.165) is 0 Å². The smallest absolute Gasteiger partial charge is 0.249 e. The van der Waals surface area contributed by atoms with E-state index < -0.39 is 24.1 Å². The Morgan fingerprint density at radius 3 is 2.68 bits per heavy atom. The van der Waals surface area contributed by atoms with Crippen LogP contribution in [-0.2, 0) is 9.59 Å². The fourth-order valence-electron chi connectivity index (χ4n) is 2.22. The molecule has 7 nitrogen and oxygen atoms in total. The molecule has 0 fully saturated rings. The second-order valence-corrected chi connectivity index (χ2v) is 6.32. The molecular formula is C19H19BrFN3O4. The zero-order valence-electron chi connectivity index (χ0n) is 15.3. The zero-order chi connectivity index (χ0) is 20.5. The fourth-order valence-corrected chi connectivity index (χ4v) is 2.79. The molecule has 0 radical (unpaired) electrons. The average Bonchev–Trinajstić information content (AvgIpc) is 2.65. The normalized spacial score (nSPS) is 10.6. The first-order chi connectivity index (χ1) is 13.4. The van der Waals surface area contributed by atoms with Crippen molar-refractivity contribution < 1.29 is 23.5 Å². The summed E-state index contributed by atoms with van der Waals surface area (Å²) in [4.78, 5) is 23.6. The van der Waals surface area contributed by atoms with Gasteiger partial charge in [-0.3, -0.25) is 9.59 Å². The summed E-state index contributed by atoms with van der Waals surface area (Å²) < 4.78 is 24.9. The number of nitrogens with one attached hydrogen (secondary N) is 2. The number of hydrogen-bond donors (Lipinski definition) is 2. The maximum Gasteiger partial charge on any atom is 0.249 e. The van der Waals surface area contributed by atoms with E-state index >= 15 is 0 Å². The van der Waals surface area contributed by atoms with E-state index in [1.165, 1.54) is 31.5 Å². The van der Waals surface area contributed by atoms with Crippen LogP contribution in [0.15, 0.2) is 46.0 Å². The monoisotopic (exact) mass is 451 g/mol. The summed E-state index contributed by atoms with van der Waals surface area (Å²) in [5.41, 5.74) is 2.90. The maximum absolute atomic E-state index is 13.5. The number of halogens is 2. The summed E-state index contributed by atoms with van der Waals surface area (Å²) >= 11 is 3.39. The number of carbonyl (C=O) groups is 2. The van der Waals surface area contributed by atoms with Gasteiger partial charge in [-0.15, -0.1) is 0 Å². The van der Waals surface area contributed by atoms with Crippen molar-refractivity contribution in [3.63, 3.8) is 0 Å². The molecule has 28 heavy (non-hydrogen) atoms. The predicted molar refractivity (Wildman–Crippen MR) is 107 cm³/mol. The van der Waals surface area contributed by atoms with Crippen LogP contribution in [-0.4, -0.2) is 31.7 Å². The molecule has 0 atom stereocenters. The van der Waals surface area contributed by atoms with Crippen LogP contribution in [0.25, 0.3) is 0 Å². The van der Waals surface area contributed by atoms with Crippen molar-refractivity contribution in [3.8, 4) is 11.5 Å². The highest BCUT2D eigenvalue weighted by Gasteiger charge is 2.12. The summed E-state index contributed by atoms with van der Waals surface area (Å²) in [6, 6.07) is 9.13. The number of ether oxygens (including phenoxy) is 2. The average molecular weight is 452 g/mol. The van der Waals surface area contributed by atoms with Crippen LogP contribution in [0, 0.1) is 5.82 Å². The number of methoxy groups -OCH3 is 1. The van der Waals surface area contributed by atoms with Crippen LogP contribution in [0.4, 0.5) is 10.1 Å². The van der Waals surface area contributed by atoms with E-state index in [0.29, 0.717) is 28.1 Å². The second kappa shape index (κ2) is 10.4. The molecule has 0 spiro atoms. The molecule has 9 heteroatoms. The third kappa shape index (κ3) is 6.05. The molecule has 148 valence electrons. The molecule has 2 rings (SSSR count). The summed E-state index contributed by atoms with van der Waals surface area (Å²) in [7, 11) is 1.52. The lowest BCUT2D eigenvalue weighted by Crippen LogP contribution is -2.24. The van der Waals surface area contributed by atoms with Gasteiger partial charge in [0, 0.05) is 0 Å². The largest absolute Gasteiger partial charge is 0.493 e. The Hall–Kier alpha value is -2.94. The molecule has 0 aliphatic carbocycles. The lowest BCUT2D eigenvalue weighted by Gasteiger charge is -2.11. The van der Waals surface area contributed by atoms with Gasteiger partial charge in [-0.25, -0.2) is 9.82 Å². The fraction of sp³-hybridized carbons (Fsp3) is 0.211. The molecule has 0 aliphatic heterocycles. The van der Waals surface area contributed by atoms with Gasteiger partial charge >= 0.3 is 0 Å². The molecule has 0 unspecified atom stereocenters. The SMILES string of the molecule is CCOc1c(Br)cc(C=NNC(=O)CC(=O)Nc2ccccc2F)cc1OC. The first-order valence-electron chi connectivity index (χ1n) is 8.31. The van der Waals surface area contributed by atoms with Gasteiger partial charge in [-0.1, -0.05) is 12.1 Å². The molecule has 2 aromatic rings. The number of benzene rings is 2. The third-order valence-electron chi connectivity index (χ3n) is 3.41. The summed E-state index contributed by atoms with van der Waals surface area (Å²) in [5.74, 6) is -0.793. The number of hydrogen-bond acceptors (Lipinski definition) is 5. The van der Waals surface area contributed by atoms with Crippen LogP contribution in [0.3, 0.4) is 0 Å². The van der Waals surface area contributed by atoms with Gasteiger partial charge < -0.3 is 14.8 Å². The Morgan fingerprint density at radius 1 is 1.25 bits per heavy atom. The first-order valence-corrected chi connectivity index (χ1v) is 9.10. The van der Waals surface area contributed by atoms with Gasteiger partial charge in [-0.2, -0.15) is 5.10 Å². The van der Waals surface area contributed by atoms with E-state index in [1.807, 2.05) is 6.92 Å². The number of para-hydroxylation sites is 1. The number of carbonyl (C=O) groups excluding carboxylic acids is 2. The first kappa shape index (κ1) is 21.4. The number of hydrazone groups is 1. The second-order valence-electron chi connectivity index (χ2n) is 5.47. The lowest BCUT2D eigenvalue weighted by atomic mass is 10.2. The zero-order valence-corrected chi connectivity index (χ0v) is 16.9. The van der Waals surface area contributed by atoms with Gasteiger partial charge in [0.1, 0.15) is 12.2 Å². The Labute approximate surface area is 170 Å². The molecule has 0 aromatic heterocycles. The van der Waals surface area contributed by atoms with Crippen molar-refractivity contribution in [3.05, 3.63) is 52.3 Å². The van der Waals surface area contributed by atoms with Crippen molar-refractivity contribution in [1.82, 2.24) is 5.43 Å². The molecule has 0 heterocycles. The number of rotatable bonds is 8.